The summed E-state index contributed by atoms with van der Waals surface area (Å²) in [5.41, 5.74) is 4.47. The van der Waals surface area contributed by atoms with Crippen molar-refractivity contribution in [2.45, 2.75) is 6.42 Å². The topological polar surface area (TPSA) is 89.0 Å². The molecule has 4 aromatic carbocycles. The van der Waals surface area contributed by atoms with Crippen LogP contribution in [-0.4, -0.2) is 31.7 Å². The Morgan fingerprint density at radius 2 is 1.68 bits per heavy atom. The van der Waals surface area contributed by atoms with E-state index in [2.05, 4.69) is 15.8 Å². The van der Waals surface area contributed by atoms with Crippen molar-refractivity contribution in [3.05, 3.63) is 99.0 Å². The lowest BCUT2D eigenvalue weighted by atomic mass is 10.0. The Labute approximate surface area is 234 Å². The van der Waals surface area contributed by atoms with Crippen LogP contribution in [-0.2, 0) is 16.0 Å². The second-order valence-electron chi connectivity index (χ2n) is 8.11. The third-order valence-electron chi connectivity index (χ3n) is 5.44. The molecule has 0 bridgehead atoms. The number of ether oxygens (including phenoxy) is 2. The van der Waals surface area contributed by atoms with E-state index >= 15 is 0 Å². The SMILES string of the molecule is COc1cc(/C=N/NC(=O)Cc2cccc3ccccc23)cc(Cl)c1OCC(=O)Nc1ccc(Cl)c(Cl)c1. The van der Waals surface area contributed by atoms with Crippen LogP contribution in [0, 0.1) is 0 Å². The highest BCUT2D eigenvalue weighted by atomic mass is 35.5. The molecule has 194 valence electrons. The van der Waals surface area contributed by atoms with Gasteiger partial charge in [-0.1, -0.05) is 77.3 Å². The minimum Gasteiger partial charge on any atom is -0.493 e. The summed E-state index contributed by atoms with van der Waals surface area (Å²) in [6, 6.07) is 21.6. The minimum atomic E-state index is -0.430. The lowest BCUT2D eigenvalue weighted by Gasteiger charge is -2.13. The Hall–Kier alpha value is -3.78. The molecule has 0 aromatic heterocycles. The summed E-state index contributed by atoms with van der Waals surface area (Å²) >= 11 is 18.2. The fourth-order valence-electron chi connectivity index (χ4n) is 3.70. The summed E-state index contributed by atoms with van der Waals surface area (Å²) < 4.78 is 11.0. The zero-order valence-electron chi connectivity index (χ0n) is 20.1. The summed E-state index contributed by atoms with van der Waals surface area (Å²) in [7, 11) is 1.45. The fourth-order valence-corrected chi connectivity index (χ4v) is 4.27. The molecule has 0 aliphatic heterocycles. The van der Waals surface area contributed by atoms with Gasteiger partial charge in [0, 0.05) is 5.69 Å². The maximum absolute atomic E-state index is 12.5. The molecule has 0 unspecified atom stereocenters. The number of anilines is 1. The van der Waals surface area contributed by atoms with Crippen molar-refractivity contribution < 1.29 is 19.1 Å². The molecule has 0 spiro atoms. The Morgan fingerprint density at radius 1 is 0.895 bits per heavy atom. The van der Waals surface area contributed by atoms with Gasteiger partial charge in [-0.15, -0.1) is 0 Å². The number of methoxy groups -OCH3 is 1. The number of nitrogens with one attached hydrogen (secondary N) is 2. The van der Waals surface area contributed by atoms with E-state index < -0.39 is 5.91 Å². The van der Waals surface area contributed by atoms with Crippen molar-refractivity contribution in [3.63, 3.8) is 0 Å². The van der Waals surface area contributed by atoms with Crippen molar-refractivity contribution >= 4 is 69.3 Å². The predicted molar refractivity (Wildman–Crippen MR) is 152 cm³/mol. The molecule has 0 fully saturated rings. The normalized spacial score (nSPS) is 10.9. The van der Waals surface area contributed by atoms with Crippen molar-refractivity contribution in [2.24, 2.45) is 5.10 Å². The average molecular weight is 571 g/mol. The molecule has 4 aromatic rings. The van der Waals surface area contributed by atoms with Gasteiger partial charge in [-0.3, -0.25) is 9.59 Å². The van der Waals surface area contributed by atoms with Crippen molar-refractivity contribution in [3.8, 4) is 11.5 Å². The van der Waals surface area contributed by atoms with Crippen LogP contribution in [0.2, 0.25) is 15.1 Å². The number of benzene rings is 4. The van der Waals surface area contributed by atoms with E-state index in [4.69, 9.17) is 44.3 Å². The largest absolute Gasteiger partial charge is 0.493 e. The molecular weight excluding hydrogens is 549 g/mol. The number of hydrogen-bond acceptors (Lipinski definition) is 5. The number of halogens is 3. The van der Waals surface area contributed by atoms with Crippen LogP contribution in [0.15, 0.2) is 77.9 Å². The van der Waals surface area contributed by atoms with Crippen LogP contribution < -0.4 is 20.2 Å². The second kappa shape index (κ2) is 12.6. The van der Waals surface area contributed by atoms with Gasteiger partial charge < -0.3 is 14.8 Å². The molecule has 0 radical (unpaired) electrons. The van der Waals surface area contributed by atoms with Crippen LogP contribution >= 0.6 is 34.8 Å². The first-order valence-electron chi connectivity index (χ1n) is 11.4. The summed E-state index contributed by atoms with van der Waals surface area (Å²) in [5, 5.41) is 9.68. The van der Waals surface area contributed by atoms with Gasteiger partial charge in [-0.25, -0.2) is 5.43 Å². The molecule has 0 saturated carbocycles. The number of carbonyl (C=O) groups is 2. The molecule has 2 amide bonds. The molecule has 0 saturated heterocycles. The molecular formula is C28H22Cl3N3O4. The number of hydrazone groups is 1. The average Bonchev–Trinajstić information content (AvgIpc) is 2.90. The van der Waals surface area contributed by atoms with Crippen LogP contribution in [0.5, 0.6) is 11.5 Å². The highest BCUT2D eigenvalue weighted by molar-refractivity contribution is 6.42. The highest BCUT2D eigenvalue weighted by Crippen LogP contribution is 2.36. The molecule has 10 heteroatoms. The minimum absolute atomic E-state index is 0.180. The fraction of sp³-hybridized carbons (Fsp3) is 0.107. The Morgan fingerprint density at radius 3 is 2.47 bits per heavy atom. The zero-order valence-corrected chi connectivity index (χ0v) is 22.4. The molecule has 2 N–H and O–H groups in total. The van der Waals surface area contributed by atoms with E-state index in [0.29, 0.717) is 27.0 Å². The Bertz CT molecular complexity index is 1520. The summed E-state index contributed by atoms with van der Waals surface area (Å²) in [4.78, 5) is 24.8. The third-order valence-corrected chi connectivity index (χ3v) is 6.46. The number of carbonyl (C=O) groups excluding carboxylic acids is 2. The van der Waals surface area contributed by atoms with E-state index in [9.17, 15) is 9.59 Å². The molecule has 0 heterocycles. The number of amides is 2. The van der Waals surface area contributed by atoms with E-state index in [1.54, 1.807) is 24.3 Å². The van der Waals surface area contributed by atoms with Gasteiger partial charge in [0.05, 0.1) is 34.8 Å². The monoisotopic (exact) mass is 569 g/mol. The number of fused-ring (bicyclic) bond motifs is 1. The van der Waals surface area contributed by atoms with E-state index in [0.717, 1.165) is 16.3 Å². The van der Waals surface area contributed by atoms with Crippen molar-refractivity contribution in [1.82, 2.24) is 5.43 Å². The van der Waals surface area contributed by atoms with E-state index in [1.807, 2.05) is 42.5 Å². The second-order valence-corrected chi connectivity index (χ2v) is 9.33. The molecule has 0 aliphatic rings. The molecule has 7 nitrogen and oxygen atoms in total. The third kappa shape index (κ3) is 6.95. The van der Waals surface area contributed by atoms with Gasteiger partial charge in [0.25, 0.3) is 5.91 Å². The summed E-state index contributed by atoms with van der Waals surface area (Å²) in [5.74, 6) is -0.205. The van der Waals surface area contributed by atoms with Crippen LogP contribution in [0.4, 0.5) is 5.69 Å². The summed E-state index contributed by atoms with van der Waals surface area (Å²) in [6.07, 6.45) is 1.62. The maximum atomic E-state index is 12.5. The van der Waals surface area contributed by atoms with E-state index in [-0.39, 0.29) is 29.7 Å². The highest BCUT2D eigenvalue weighted by Gasteiger charge is 2.14. The lowest BCUT2D eigenvalue weighted by Crippen LogP contribution is -2.20. The predicted octanol–water partition coefficient (Wildman–Crippen LogP) is 6.52. The smallest absolute Gasteiger partial charge is 0.262 e. The van der Waals surface area contributed by atoms with Gasteiger partial charge >= 0.3 is 0 Å². The zero-order chi connectivity index (χ0) is 27.1. The van der Waals surface area contributed by atoms with Gasteiger partial charge in [-0.05, 0) is 52.2 Å². The number of hydrogen-bond donors (Lipinski definition) is 2. The van der Waals surface area contributed by atoms with Gasteiger partial charge in [0.15, 0.2) is 18.1 Å². The van der Waals surface area contributed by atoms with Crippen LogP contribution in [0.1, 0.15) is 11.1 Å². The van der Waals surface area contributed by atoms with Crippen LogP contribution in [0.3, 0.4) is 0 Å². The first kappa shape index (κ1) is 27.3. The van der Waals surface area contributed by atoms with Crippen molar-refractivity contribution in [2.75, 3.05) is 19.0 Å². The van der Waals surface area contributed by atoms with Crippen LogP contribution in [0.25, 0.3) is 10.8 Å². The number of nitrogens with zero attached hydrogens (tertiary/aromatic N) is 1. The standard InChI is InChI=1S/C28H22Cl3N3O4/c1-37-25-12-17(15-32-34-26(35)13-19-7-4-6-18-5-2-3-8-21(18)19)11-24(31)28(25)38-16-27(36)33-20-9-10-22(29)23(30)14-20/h2-12,14-15H,13,16H2,1H3,(H,33,36)(H,34,35)/b32-15+. The molecule has 4 rings (SSSR count). The van der Waals surface area contributed by atoms with Gasteiger partial charge in [0.1, 0.15) is 0 Å². The quantitative estimate of drug-likeness (QED) is 0.177. The van der Waals surface area contributed by atoms with Crippen molar-refractivity contribution in [1.29, 1.82) is 0 Å². The first-order chi connectivity index (χ1) is 18.3. The first-order valence-corrected chi connectivity index (χ1v) is 12.5. The molecule has 0 aliphatic carbocycles. The Kier molecular flexibility index (Phi) is 9.07. The van der Waals surface area contributed by atoms with E-state index in [1.165, 1.54) is 19.4 Å². The Balaban J connectivity index is 1.36. The lowest BCUT2D eigenvalue weighted by molar-refractivity contribution is -0.120. The maximum Gasteiger partial charge on any atom is 0.262 e. The molecule has 0 atom stereocenters. The van der Waals surface area contributed by atoms with Gasteiger partial charge in [-0.2, -0.15) is 5.10 Å². The molecule has 38 heavy (non-hydrogen) atoms. The summed E-state index contributed by atoms with van der Waals surface area (Å²) in [6.45, 7) is -0.325. The van der Waals surface area contributed by atoms with Gasteiger partial charge in [0.2, 0.25) is 5.91 Å². The number of rotatable bonds is 9.